The maximum Gasteiger partial charge on any atom is 0.337 e. The summed E-state index contributed by atoms with van der Waals surface area (Å²) < 4.78 is 5.85. The summed E-state index contributed by atoms with van der Waals surface area (Å²) in [4.78, 5) is 15.3. The van der Waals surface area contributed by atoms with Crippen molar-refractivity contribution in [2.24, 2.45) is 0 Å². The van der Waals surface area contributed by atoms with Crippen molar-refractivity contribution in [3.05, 3.63) is 64.6 Å². The highest BCUT2D eigenvalue weighted by molar-refractivity contribution is 7.08. The predicted molar refractivity (Wildman–Crippen MR) is 97.7 cm³/mol. The second-order valence-corrected chi connectivity index (χ2v) is 6.66. The number of carboxylic acid groups (broad SMARTS) is 1. The van der Waals surface area contributed by atoms with Crippen LogP contribution in [0.4, 0.5) is 5.69 Å². The SMILES string of the molecule is O=C(O)c1ccncc1NC[C@H]1COc2cc(-c3ccsc3)ccc21. The molecule has 3 aromatic rings. The van der Waals surface area contributed by atoms with Crippen molar-refractivity contribution in [2.45, 2.75) is 5.92 Å². The van der Waals surface area contributed by atoms with E-state index in [0.29, 0.717) is 18.8 Å². The number of carbonyl (C=O) groups is 1. The van der Waals surface area contributed by atoms with Gasteiger partial charge in [0.1, 0.15) is 5.75 Å². The number of hydrogen-bond acceptors (Lipinski definition) is 5. The van der Waals surface area contributed by atoms with Gasteiger partial charge in [0.15, 0.2) is 0 Å². The third-order valence-electron chi connectivity index (χ3n) is 4.34. The summed E-state index contributed by atoms with van der Waals surface area (Å²) in [6, 6.07) is 9.87. The summed E-state index contributed by atoms with van der Waals surface area (Å²) in [5, 5.41) is 16.6. The number of aromatic nitrogens is 1. The molecule has 4 rings (SSSR count). The van der Waals surface area contributed by atoms with Gasteiger partial charge in [-0.3, -0.25) is 4.98 Å². The molecule has 0 radical (unpaired) electrons. The molecule has 2 N–H and O–H groups in total. The van der Waals surface area contributed by atoms with E-state index in [-0.39, 0.29) is 11.5 Å². The van der Waals surface area contributed by atoms with Crippen LogP contribution < -0.4 is 10.1 Å². The average Bonchev–Trinajstić information content (AvgIpc) is 3.29. The number of carboxylic acids is 1. The highest BCUT2D eigenvalue weighted by Crippen LogP contribution is 2.37. The fourth-order valence-corrected chi connectivity index (χ4v) is 3.67. The van der Waals surface area contributed by atoms with E-state index in [2.05, 4.69) is 45.3 Å². The van der Waals surface area contributed by atoms with E-state index in [1.165, 1.54) is 17.8 Å². The molecule has 0 unspecified atom stereocenters. The van der Waals surface area contributed by atoms with E-state index in [9.17, 15) is 9.90 Å². The van der Waals surface area contributed by atoms with Crippen LogP contribution in [-0.2, 0) is 0 Å². The number of pyridine rings is 1. The van der Waals surface area contributed by atoms with Crippen molar-refractivity contribution < 1.29 is 14.6 Å². The number of nitrogens with zero attached hydrogens (tertiary/aromatic N) is 1. The van der Waals surface area contributed by atoms with Crippen molar-refractivity contribution >= 4 is 23.0 Å². The van der Waals surface area contributed by atoms with Crippen LogP contribution in [0, 0.1) is 0 Å². The maximum absolute atomic E-state index is 11.3. The molecule has 1 atom stereocenters. The van der Waals surface area contributed by atoms with Crippen molar-refractivity contribution in [3.63, 3.8) is 0 Å². The molecule has 0 aliphatic carbocycles. The Morgan fingerprint density at radius 1 is 1.32 bits per heavy atom. The number of thiophene rings is 1. The Kier molecular flexibility index (Phi) is 4.11. The van der Waals surface area contributed by atoms with Gasteiger partial charge in [0.05, 0.1) is 24.1 Å². The van der Waals surface area contributed by atoms with Gasteiger partial charge in [-0.05, 0) is 40.1 Å². The van der Waals surface area contributed by atoms with Gasteiger partial charge >= 0.3 is 5.97 Å². The second kappa shape index (κ2) is 6.57. The Bertz CT molecular complexity index is 909. The van der Waals surface area contributed by atoms with Crippen molar-refractivity contribution in [1.29, 1.82) is 0 Å². The van der Waals surface area contributed by atoms with Crippen molar-refractivity contribution in [2.75, 3.05) is 18.5 Å². The van der Waals surface area contributed by atoms with E-state index in [1.54, 1.807) is 17.5 Å². The minimum absolute atomic E-state index is 0.174. The quantitative estimate of drug-likeness (QED) is 0.723. The zero-order valence-corrected chi connectivity index (χ0v) is 14.1. The molecule has 0 saturated carbocycles. The molecule has 25 heavy (non-hydrogen) atoms. The van der Waals surface area contributed by atoms with Crippen molar-refractivity contribution in [1.82, 2.24) is 4.98 Å². The minimum Gasteiger partial charge on any atom is -0.493 e. The van der Waals surface area contributed by atoms with E-state index >= 15 is 0 Å². The number of aromatic carboxylic acids is 1. The van der Waals surface area contributed by atoms with Gasteiger partial charge in [-0.25, -0.2) is 4.79 Å². The summed E-state index contributed by atoms with van der Waals surface area (Å²) >= 11 is 1.67. The molecule has 0 spiro atoms. The minimum atomic E-state index is -0.964. The highest BCUT2D eigenvalue weighted by atomic mass is 32.1. The van der Waals surface area contributed by atoms with Crippen molar-refractivity contribution in [3.8, 4) is 16.9 Å². The Morgan fingerprint density at radius 3 is 3.04 bits per heavy atom. The fraction of sp³-hybridized carbons (Fsp3) is 0.158. The smallest absolute Gasteiger partial charge is 0.337 e. The summed E-state index contributed by atoms with van der Waals surface area (Å²) in [6.45, 7) is 1.18. The lowest BCUT2D eigenvalue weighted by atomic mass is 9.98. The second-order valence-electron chi connectivity index (χ2n) is 5.88. The Hall–Kier alpha value is -2.86. The Labute approximate surface area is 148 Å². The molecule has 5 nitrogen and oxygen atoms in total. The maximum atomic E-state index is 11.3. The van der Waals surface area contributed by atoms with Gasteiger partial charge in [-0.1, -0.05) is 12.1 Å². The van der Waals surface area contributed by atoms with Gasteiger partial charge in [0.2, 0.25) is 0 Å². The molecule has 0 saturated heterocycles. The summed E-state index contributed by atoms with van der Waals surface area (Å²) in [5.74, 6) is 0.113. The van der Waals surface area contributed by atoms with Crippen LogP contribution in [0.2, 0.25) is 0 Å². The van der Waals surface area contributed by atoms with Crippen LogP contribution in [0.3, 0.4) is 0 Å². The van der Waals surface area contributed by atoms with E-state index in [0.717, 1.165) is 16.9 Å². The molecule has 2 aromatic heterocycles. The lowest BCUT2D eigenvalue weighted by molar-refractivity contribution is 0.0698. The number of benzene rings is 1. The van der Waals surface area contributed by atoms with Gasteiger partial charge in [0, 0.05) is 24.2 Å². The number of nitrogens with one attached hydrogen (secondary N) is 1. The summed E-state index contributed by atoms with van der Waals surface area (Å²) in [5.41, 5.74) is 4.24. The number of hydrogen-bond donors (Lipinski definition) is 2. The van der Waals surface area contributed by atoms with Crippen LogP contribution in [0.25, 0.3) is 11.1 Å². The fourth-order valence-electron chi connectivity index (χ4n) is 3.01. The lowest BCUT2D eigenvalue weighted by Gasteiger charge is -2.13. The van der Waals surface area contributed by atoms with Crippen LogP contribution in [0.1, 0.15) is 21.8 Å². The number of anilines is 1. The highest BCUT2D eigenvalue weighted by Gasteiger charge is 2.25. The van der Waals surface area contributed by atoms with Crippen LogP contribution >= 0.6 is 11.3 Å². The number of fused-ring (bicyclic) bond motifs is 1. The Balaban J connectivity index is 1.51. The molecule has 3 heterocycles. The Morgan fingerprint density at radius 2 is 2.24 bits per heavy atom. The molecular weight excluding hydrogens is 336 g/mol. The largest absolute Gasteiger partial charge is 0.493 e. The summed E-state index contributed by atoms with van der Waals surface area (Å²) in [7, 11) is 0. The van der Waals surface area contributed by atoms with Gasteiger partial charge in [0.25, 0.3) is 0 Å². The molecule has 0 bridgehead atoms. The molecule has 6 heteroatoms. The number of rotatable bonds is 5. The first-order valence-corrected chi connectivity index (χ1v) is 8.87. The molecule has 1 aliphatic rings. The first-order valence-electron chi connectivity index (χ1n) is 7.93. The molecular formula is C19H16N2O3S. The van der Waals surface area contributed by atoms with E-state index in [4.69, 9.17) is 4.74 Å². The third-order valence-corrected chi connectivity index (χ3v) is 5.02. The predicted octanol–water partition coefficient (Wildman–Crippen LogP) is 4.10. The van der Waals surface area contributed by atoms with Crippen LogP contribution in [0.5, 0.6) is 5.75 Å². The van der Waals surface area contributed by atoms with Gasteiger partial charge in [-0.2, -0.15) is 11.3 Å². The average molecular weight is 352 g/mol. The monoisotopic (exact) mass is 352 g/mol. The van der Waals surface area contributed by atoms with Crippen LogP contribution in [-0.4, -0.2) is 29.2 Å². The first kappa shape index (κ1) is 15.7. The normalized spacial score (nSPS) is 15.4. The zero-order chi connectivity index (χ0) is 17.2. The first-order chi connectivity index (χ1) is 12.2. The third kappa shape index (κ3) is 3.08. The molecule has 1 aliphatic heterocycles. The molecule has 1 aromatic carbocycles. The standard InChI is InChI=1S/C19H16N2O3S/c22-19(23)16-3-5-20-9-17(16)21-8-14-10-24-18-7-12(1-2-15(14)18)13-4-6-25-11-13/h1-7,9,11,14,21H,8,10H2,(H,22,23)/t14-/m0/s1. The number of ether oxygens (including phenoxy) is 1. The topological polar surface area (TPSA) is 71.5 Å². The molecule has 0 fully saturated rings. The van der Waals surface area contributed by atoms with Gasteiger partial charge < -0.3 is 15.2 Å². The lowest BCUT2D eigenvalue weighted by Crippen LogP contribution is -2.16. The molecule has 0 amide bonds. The van der Waals surface area contributed by atoms with E-state index in [1.807, 2.05) is 0 Å². The zero-order valence-electron chi connectivity index (χ0n) is 13.3. The van der Waals surface area contributed by atoms with E-state index < -0.39 is 5.97 Å². The molecule has 126 valence electrons. The summed E-state index contributed by atoms with van der Waals surface area (Å²) in [6.07, 6.45) is 3.02. The van der Waals surface area contributed by atoms with Crippen LogP contribution in [0.15, 0.2) is 53.5 Å². The van der Waals surface area contributed by atoms with Gasteiger partial charge in [-0.15, -0.1) is 0 Å².